The Kier molecular flexibility index (Phi) is 7.27. The van der Waals surface area contributed by atoms with Crippen molar-refractivity contribution in [3.05, 3.63) is 12.7 Å². The standard InChI is InChI=1S/C13H23NO4/c1-6-9-14(10-11(15)18-8-3)12(16)13(4,7-2)17-5/h6H,1,7-10H2,2-5H3. The van der Waals surface area contributed by atoms with Crippen molar-refractivity contribution in [3.63, 3.8) is 0 Å². The summed E-state index contributed by atoms with van der Waals surface area (Å²) < 4.78 is 10.1. The highest BCUT2D eigenvalue weighted by Gasteiger charge is 2.35. The molecule has 0 heterocycles. The summed E-state index contributed by atoms with van der Waals surface area (Å²) in [6.07, 6.45) is 2.10. The fourth-order valence-corrected chi connectivity index (χ4v) is 1.45. The van der Waals surface area contributed by atoms with Crippen LogP contribution in [-0.2, 0) is 19.1 Å². The lowest BCUT2D eigenvalue weighted by molar-refractivity contribution is -0.159. The highest BCUT2D eigenvalue weighted by Crippen LogP contribution is 2.17. The zero-order chi connectivity index (χ0) is 14.2. The average molecular weight is 257 g/mol. The van der Waals surface area contributed by atoms with E-state index >= 15 is 0 Å². The molecule has 0 spiro atoms. The zero-order valence-corrected chi connectivity index (χ0v) is 11.7. The summed E-state index contributed by atoms with van der Waals surface area (Å²) in [5, 5.41) is 0. The van der Waals surface area contributed by atoms with Crippen molar-refractivity contribution in [2.24, 2.45) is 0 Å². The van der Waals surface area contributed by atoms with Gasteiger partial charge in [0.25, 0.3) is 5.91 Å². The Balaban J connectivity index is 4.82. The number of ether oxygens (including phenoxy) is 2. The van der Waals surface area contributed by atoms with Crippen molar-refractivity contribution in [2.45, 2.75) is 32.8 Å². The Morgan fingerprint density at radius 1 is 1.39 bits per heavy atom. The number of hydrogen-bond donors (Lipinski definition) is 0. The molecule has 18 heavy (non-hydrogen) atoms. The van der Waals surface area contributed by atoms with Crippen molar-refractivity contribution >= 4 is 11.9 Å². The van der Waals surface area contributed by atoms with Gasteiger partial charge in [0, 0.05) is 13.7 Å². The van der Waals surface area contributed by atoms with Crippen LogP contribution in [0.25, 0.3) is 0 Å². The van der Waals surface area contributed by atoms with E-state index in [9.17, 15) is 9.59 Å². The molecule has 5 nitrogen and oxygen atoms in total. The molecule has 0 bridgehead atoms. The third-order valence-electron chi connectivity index (χ3n) is 2.84. The summed E-state index contributed by atoms with van der Waals surface area (Å²) in [6, 6.07) is 0. The van der Waals surface area contributed by atoms with Gasteiger partial charge in [-0.15, -0.1) is 6.58 Å². The van der Waals surface area contributed by atoms with Crippen molar-refractivity contribution in [2.75, 3.05) is 26.8 Å². The van der Waals surface area contributed by atoms with Crippen LogP contribution >= 0.6 is 0 Å². The largest absolute Gasteiger partial charge is 0.465 e. The number of hydrogen-bond acceptors (Lipinski definition) is 4. The zero-order valence-electron chi connectivity index (χ0n) is 11.7. The SMILES string of the molecule is C=CCN(CC(=O)OCC)C(=O)C(C)(CC)OC. The molecule has 0 saturated carbocycles. The quantitative estimate of drug-likeness (QED) is 0.487. The third kappa shape index (κ3) is 4.49. The van der Waals surface area contributed by atoms with Gasteiger partial charge in [-0.05, 0) is 20.3 Å². The van der Waals surface area contributed by atoms with Gasteiger partial charge in [0.2, 0.25) is 0 Å². The molecule has 0 saturated heterocycles. The van der Waals surface area contributed by atoms with E-state index in [1.807, 2.05) is 6.92 Å². The normalized spacial score (nSPS) is 13.6. The highest BCUT2D eigenvalue weighted by molar-refractivity contribution is 5.88. The van der Waals surface area contributed by atoms with Crippen LogP contribution in [0.3, 0.4) is 0 Å². The number of rotatable bonds is 8. The van der Waals surface area contributed by atoms with Crippen LogP contribution in [-0.4, -0.2) is 49.2 Å². The van der Waals surface area contributed by atoms with Crippen LogP contribution < -0.4 is 0 Å². The van der Waals surface area contributed by atoms with Gasteiger partial charge in [-0.1, -0.05) is 13.0 Å². The van der Waals surface area contributed by atoms with Gasteiger partial charge in [-0.2, -0.15) is 0 Å². The van der Waals surface area contributed by atoms with E-state index in [-0.39, 0.29) is 19.0 Å². The number of amides is 1. The van der Waals surface area contributed by atoms with E-state index in [0.29, 0.717) is 13.0 Å². The average Bonchev–Trinajstić information content (AvgIpc) is 2.36. The fraction of sp³-hybridized carbons (Fsp3) is 0.692. The minimum absolute atomic E-state index is 0.0857. The van der Waals surface area contributed by atoms with E-state index < -0.39 is 11.6 Å². The van der Waals surface area contributed by atoms with E-state index in [1.165, 1.54) is 12.0 Å². The minimum atomic E-state index is -0.921. The number of methoxy groups -OCH3 is 1. The summed E-state index contributed by atoms with van der Waals surface area (Å²) in [6.45, 7) is 9.37. The van der Waals surface area contributed by atoms with Gasteiger partial charge in [0.05, 0.1) is 6.61 Å². The van der Waals surface area contributed by atoms with E-state index in [2.05, 4.69) is 6.58 Å². The topological polar surface area (TPSA) is 55.8 Å². The summed E-state index contributed by atoms with van der Waals surface area (Å²) >= 11 is 0. The summed E-state index contributed by atoms with van der Waals surface area (Å²) in [7, 11) is 1.48. The predicted molar refractivity (Wildman–Crippen MR) is 69.1 cm³/mol. The van der Waals surface area contributed by atoms with E-state index in [1.54, 1.807) is 19.9 Å². The Hall–Kier alpha value is -1.36. The molecular weight excluding hydrogens is 234 g/mol. The number of carbonyl (C=O) groups excluding carboxylic acids is 2. The van der Waals surface area contributed by atoms with Crippen molar-refractivity contribution in [1.29, 1.82) is 0 Å². The third-order valence-corrected chi connectivity index (χ3v) is 2.84. The molecule has 0 radical (unpaired) electrons. The van der Waals surface area contributed by atoms with Gasteiger partial charge in [0.1, 0.15) is 12.1 Å². The first-order valence-corrected chi connectivity index (χ1v) is 6.06. The van der Waals surface area contributed by atoms with Gasteiger partial charge < -0.3 is 14.4 Å². The molecule has 0 N–H and O–H groups in total. The molecule has 1 amide bonds. The monoisotopic (exact) mass is 257 g/mol. The van der Waals surface area contributed by atoms with Crippen LogP contribution in [0, 0.1) is 0 Å². The van der Waals surface area contributed by atoms with Gasteiger partial charge >= 0.3 is 5.97 Å². The first kappa shape index (κ1) is 16.6. The molecule has 5 heteroatoms. The van der Waals surface area contributed by atoms with Crippen LogP contribution in [0.4, 0.5) is 0 Å². The summed E-state index contributed by atoms with van der Waals surface area (Å²) in [4.78, 5) is 25.1. The maximum atomic E-state index is 12.3. The Morgan fingerprint density at radius 3 is 2.39 bits per heavy atom. The second kappa shape index (κ2) is 7.87. The van der Waals surface area contributed by atoms with Crippen LogP contribution in [0.5, 0.6) is 0 Å². The van der Waals surface area contributed by atoms with Crippen molar-refractivity contribution in [1.82, 2.24) is 4.90 Å². The maximum absolute atomic E-state index is 12.3. The van der Waals surface area contributed by atoms with Gasteiger partial charge in [-0.3, -0.25) is 9.59 Å². The smallest absolute Gasteiger partial charge is 0.325 e. The Bertz CT molecular complexity index is 297. The highest BCUT2D eigenvalue weighted by atomic mass is 16.5. The summed E-state index contributed by atoms with van der Waals surface area (Å²) in [5.74, 6) is -0.664. The predicted octanol–water partition coefficient (Wildman–Crippen LogP) is 1.38. The molecular formula is C13H23NO4. The number of esters is 1. The van der Waals surface area contributed by atoms with Gasteiger partial charge in [-0.25, -0.2) is 0 Å². The van der Waals surface area contributed by atoms with Crippen LogP contribution in [0.15, 0.2) is 12.7 Å². The molecule has 1 atom stereocenters. The van der Waals surface area contributed by atoms with E-state index in [0.717, 1.165) is 0 Å². The lowest BCUT2D eigenvalue weighted by Crippen LogP contribution is -2.49. The second-order valence-electron chi connectivity index (χ2n) is 4.07. The number of carbonyl (C=O) groups is 2. The molecule has 0 fully saturated rings. The maximum Gasteiger partial charge on any atom is 0.325 e. The Morgan fingerprint density at radius 2 is 2.00 bits per heavy atom. The molecule has 0 aliphatic carbocycles. The lowest BCUT2D eigenvalue weighted by atomic mass is 10.0. The molecule has 0 aromatic rings. The minimum Gasteiger partial charge on any atom is -0.465 e. The first-order valence-electron chi connectivity index (χ1n) is 6.06. The molecule has 0 aliphatic rings. The molecule has 0 aromatic carbocycles. The first-order chi connectivity index (χ1) is 8.45. The van der Waals surface area contributed by atoms with Gasteiger partial charge in [0.15, 0.2) is 0 Å². The molecule has 104 valence electrons. The molecule has 0 aliphatic heterocycles. The molecule has 0 rings (SSSR count). The number of nitrogens with zero attached hydrogens (tertiary/aromatic N) is 1. The van der Waals surface area contributed by atoms with Crippen LogP contribution in [0.2, 0.25) is 0 Å². The lowest BCUT2D eigenvalue weighted by Gasteiger charge is -2.31. The summed E-state index contributed by atoms with van der Waals surface area (Å²) in [5.41, 5.74) is -0.921. The van der Waals surface area contributed by atoms with Crippen LogP contribution in [0.1, 0.15) is 27.2 Å². The fourth-order valence-electron chi connectivity index (χ4n) is 1.45. The Labute approximate surface area is 109 Å². The van der Waals surface area contributed by atoms with E-state index in [4.69, 9.17) is 9.47 Å². The second-order valence-corrected chi connectivity index (χ2v) is 4.07. The van der Waals surface area contributed by atoms with Crippen molar-refractivity contribution in [3.8, 4) is 0 Å². The molecule has 0 aromatic heterocycles. The van der Waals surface area contributed by atoms with Crippen molar-refractivity contribution < 1.29 is 19.1 Å². The molecule has 1 unspecified atom stereocenters.